The summed E-state index contributed by atoms with van der Waals surface area (Å²) in [5.74, 6) is 2.65. The molecule has 2 N–H and O–H groups in total. The van der Waals surface area contributed by atoms with Crippen molar-refractivity contribution in [1.29, 1.82) is 0 Å². The number of nitrogens with one attached hydrogen (secondary N) is 2. The summed E-state index contributed by atoms with van der Waals surface area (Å²) in [6.07, 6.45) is 11.9. The fourth-order valence-electron chi connectivity index (χ4n) is 1.27. The fraction of sp³-hybridized carbons (Fsp3) is 0.417. The van der Waals surface area contributed by atoms with Crippen LogP contribution < -0.4 is 5.32 Å². The van der Waals surface area contributed by atoms with Crippen LogP contribution in [-0.2, 0) is 11.3 Å². The van der Waals surface area contributed by atoms with Crippen molar-refractivity contribution in [2.24, 2.45) is 0 Å². The molecule has 0 atom stereocenters. The monoisotopic (exact) mass is 204 g/mol. The number of aromatic amines is 1. The van der Waals surface area contributed by atoms with Crippen molar-refractivity contribution < 1.29 is 4.79 Å². The second kappa shape index (κ2) is 6.72. The van der Waals surface area contributed by atoms with Gasteiger partial charge >= 0.3 is 0 Å². The Morgan fingerprint density at radius 1 is 1.53 bits per heavy atom. The van der Waals surface area contributed by atoms with Crippen molar-refractivity contribution in [2.45, 2.75) is 32.2 Å². The zero-order valence-electron chi connectivity index (χ0n) is 8.75. The number of rotatable bonds is 6. The number of hydrogen-bond donors (Lipinski definition) is 2. The van der Waals surface area contributed by atoms with Crippen molar-refractivity contribution in [3.05, 3.63) is 24.0 Å². The molecule has 3 nitrogen and oxygen atoms in total. The molecule has 80 valence electrons. The molecule has 15 heavy (non-hydrogen) atoms. The van der Waals surface area contributed by atoms with E-state index in [1.807, 2.05) is 18.5 Å². The molecular weight excluding hydrogens is 188 g/mol. The lowest BCUT2D eigenvalue weighted by atomic mass is 10.2. The lowest BCUT2D eigenvalue weighted by molar-refractivity contribution is -0.121. The molecule has 0 saturated heterocycles. The van der Waals surface area contributed by atoms with Crippen LogP contribution in [0.3, 0.4) is 0 Å². The Kier molecular flexibility index (Phi) is 5.10. The predicted molar refractivity (Wildman–Crippen MR) is 59.9 cm³/mol. The van der Waals surface area contributed by atoms with Crippen LogP contribution in [0.4, 0.5) is 0 Å². The van der Waals surface area contributed by atoms with E-state index in [4.69, 9.17) is 6.42 Å². The minimum absolute atomic E-state index is 0.0909. The third-order valence-electron chi connectivity index (χ3n) is 2.13. The second-order valence-corrected chi connectivity index (χ2v) is 3.41. The molecule has 0 saturated carbocycles. The molecule has 0 unspecified atom stereocenters. The summed E-state index contributed by atoms with van der Waals surface area (Å²) in [6, 6.07) is 1.94. The predicted octanol–water partition coefficient (Wildman–Crippen LogP) is 1.82. The summed E-state index contributed by atoms with van der Waals surface area (Å²) in [5, 5.41) is 2.85. The Labute approximate surface area is 90.3 Å². The van der Waals surface area contributed by atoms with Gasteiger partial charge in [0.05, 0.1) is 0 Å². The van der Waals surface area contributed by atoms with Crippen molar-refractivity contribution in [3.63, 3.8) is 0 Å². The molecule has 0 bridgehead atoms. The number of H-pyrrole nitrogens is 1. The number of terminal acetylenes is 1. The van der Waals surface area contributed by atoms with Crippen LogP contribution in [0.2, 0.25) is 0 Å². The van der Waals surface area contributed by atoms with E-state index in [1.54, 1.807) is 0 Å². The van der Waals surface area contributed by atoms with E-state index in [0.29, 0.717) is 13.0 Å². The van der Waals surface area contributed by atoms with Crippen LogP contribution in [0.25, 0.3) is 0 Å². The Hall–Kier alpha value is -1.69. The highest BCUT2D eigenvalue weighted by atomic mass is 16.1. The van der Waals surface area contributed by atoms with Crippen molar-refractivity contribution in [1.82, 2.24) is 10.3 Å². The summed E-state index contributed by atoms with van der Waals surface area (Å²) >= 11 is 0. The van der Waals surface area contributed by atoms with Gasteiger partial charge in [0.15, 0.2) is 0 Å². The van der Waals surface area contributed by atoms with E-state index in [0.717, 1.165) is 24.8 Å². The minimum atomic E-state index is 0.0909. The fourth-order valence-corrected chi connectivity index (χ4v) is 1.27. The molecule has 3 heteroatoms. The first kappa shape index (κ1) is 11.4. The molecular formula is C12H16N2O. The average molecular weight is 204 g/mol. The normalized spacial score (nSPS) is 9.53. The van der Waals surface area contributed by atoms with E-state index in [-0.39, 0.29) is 5.91 Å². The number of carbonyl (C=O) groups excluding carboxylic acids is 1. The van der Waals surface area contributed by atoms with Crippen LogP contribution in [0.15, 0.2) is 18.5 Å². The number of aromatic nitrogens is 1. The van der Waals surface area contributed by atoms with Gasteiger partial charge in [-0.05, 0) is 24.5 Å². The van der Waals surface area contributed by atoms with Crippen LogP contribution in [0.1, 0.15) is 31.2 Å². The van der Waals surface area contributed by atoms with Gasteiger partial charge in [0.2, 0.25) is 5.91 Å². The molecule has 0 aliphatic rings. The highest BCUT2D eigenvalue weighted by molar-refractivity contribution is 5.75. The van der Waals surface area contributed by atoms with Gasteiger partial charge in [-0.2, -0.15) is 0 Å². The van der Waals surface area contributed by atoms with E-state index in [1.165, 1.54) is 0 Å². The first-order valence-electron chi connectivity index (χ1n) is 5.15. The van der Waals surface area contributed by atoms with Gasteiger partial charge in [-0.3, -0.25) is 4.79 Å². The van der Waals surface area contributed by atoms with Gasteiger partial charge < -0.3 is 10.3 Å². The number of unbranched alkanes of at least 4 members (excludes halogenated alkanes) is 2. The molecule has 0 aliphatic carbocycles. The highest BCUT2D eigenvalue weighted by Crippen LogP contribution is 2.00. The largest absolute Gasteiger partial charge is 0.367 e. The van der Waals surface area contributed by atoms with Crippen LogP contribution in [0, 0.1) is 12.3 Å². The van der Waals surface area contributed by atoms with Gasteiger partial charge in [0.1, 0.15) is 0 Å². The van der Waals surface area contributed by atoms with E-state index in [2.05, 4.69) is 16.2 Å². The summed E-state index contributed by atoms with van der Waals surface area (Å²) in [6.45, 7) is 0.595. The number of hydrogen-bond acceptors (Lipinski definition) is 1. The molecule has 1 rings (SSSR count). The Bertz CT molecular complexity index is 322. The summed E-state index contributed by atoms with van der Waals surface area (Å²) in [4.78, 5) is 14.3. The van der Waals surface area contributed by atoms with E-state index >= 15 is 0 Å². The average Bonchev–Trinajstić information content (AvgIpc) is 2.74. The SMILES string of the molecule is C#CCCCCC(=O)NCc1cc[nH]c1. The van der Waals surface area contributed by atoms with Crippen molar-refractivity contribution in [3.8, 4) is 12.3 Å². The van der Waals surface area contributed by atoms with Gasteiger partial charge in [0, 0.05) is 31.8 Å². The van der Waals surface area contributed by atoms with E-state index < -0.39 is 0 Å². The maximum absolute atomic E-state index is 11.3. The Morgan fingerprint density at radius 3 is 3.07 bits per heavy atom. The Morgan fingerprint density at radius 2 is 2.40 bits per heavy atom. The third-order valence-corrected chi connectivity index (χ3v) is 2.13. The maximum atomic E-state index is 11.3. The highest BCUT2D eigenvalue weighted by Gasteiger charge is 2.00. The lowest BCUT2D eigenvalue weighted by Gasteiger charge is -2.02. The summed E-state index contributed by atoms with van der Waals surface area (Å²) < 4.78 is 0. The van der Waals surface area contributed by atoms with Crippen molar-refractivity contribution >= 4 is 5.91 Å². The third kappa shape index (κ3) is 4.92. The standard InChI is InChI=1S/C12H16N2O/c1-2-3-4-5-6-12(15)14-10-11-7-8-13-9-11/h1,7-9,13H,3-6,10H2,(H,14,15). The van der Waals surface area contributed by atoms with Gasteiger partial charge in [-0.25, -0.2) is 0 Å². The molecule has 1 amide bonds. The van der Waals surface area contributed by atoms with Crippen LogP contribution in [0.5, 0.6) is 0 Å². The quantitative estimate of drug-likeness (QED) is 0.539. The van der Waals surface area contributed by atoms with Crippen LogP contribution >= 0.6 is 0 Å². The second-order valence-electron chi connectivity index (χ2n) is 3.41. The number of amides is 1. The van der Waals surface area contributed by atoms with Gasteiger partial charge in [0.25, 0.3) is 0 Å². The first-order valence-corrected chi connectivity index (χ1v) is 5.15. The zero-order chi connectivity index (χ0) is 10.9. The topological polar surface area (TPSA) is 44.9 Å². The number of carbonyl (C=O) groups is 1. The van der Waals surface area contributed by atoms with Crippen LogP contribution in [-0.4, -0.2) is 10.9 Å². The molecule has 0 aliphatic heterocycles. The van der Waals surface area contributed by atoms with Gasteiger partial charge in [-0.15, -0.1) is 12.3 Å². The first-order chi connectivity index (χ1) is 7.33. The lowest BCUT2D eigenvalue weighted by Crippen LogP contribution is -2.21. The van der Waals surface area contributed by atoms with Crippen molar-refractivity contribution in [2.75, 3.05) is 0 Å². The molecule has 1 aromatic heterocycles. The molecule has 0 fully saturated rings. The molecule has 1 aromatic rings. The Balaban J connectivity index is 2.07. The smallest absolute Gasteiger partial charge is 0.220 e. The molecule has 1 heterocycles. The summed E-state index contributed by atoms with van der Waals surface area (Å²) in [7, 11) is 0. The van der Waals surface area contributed by atoms with Gasteiger partial charge in [-0.1, -0.05) is 0 Å². The molecule has 0 aromatic carbocycles. The summed E-state index contributed by atoms with van der Waals surface area (Å²) in [5.41, 5.74) is 1.09. The maximum Gasteiger partial charge on any atom is 0.220 e. The molecule has 0 spiro atoms. The van der Waals surface area contributed by atoms with E-state index in [9.17, 15) is 4.79 Å². The molecule has 0 radical (unpaired) electrons. The minimum Gasteiger partial charge on any atom is -0.367 e. The zero-order valence-corrected chi connectivity index (χ0v) is 8.75.